The SMILES string of the molecule is Cc1ccc(NC(=O)Cc2csc(SCC(=O)c3ccccc3)n2)c(C)c1. The lowest BCUT2D eigenvalue weighted by Gasteiger charge is -2.08. The van der Waals surface area contributed by atoms with E-state index in [9.17, 15) is 9.59 Å². The van der Waals surface area contributed by atoms with Gasteiger partial charge in [0.05, 0.1) is 17.9 Å². The number of thioether (sulfide) groups is 1. The summed E-state index contributed by atoms with van der Waals surface area (Å²) in [5, 5.41) is 4.80. The van der Waals surface area contributed by atoms with E-state index in [0.29, 0.717) is 11.3 Å². The number of ketones is 1. The molecule has 1 N–H and O–H groups in total. The molecule has 0 radical (unpaired) electrons. The first-order chi connectivity index (χ1) is 13.0. The van der Waals surface area contributed by atoms with E-state index in [4.69, 9.17) is 0 Å². The number of aromatic nitrogens is 1. The number of aryl methyl sites for hydroxylation is 2. The van der Waals surface area contributed by atoms with Crippen LogP contribution in [0.5, 0.6) is 0 Å². The average Bonchev–Trinajstić information content (AvgIpc) is 3.10. The summed E-state index contributed by atoms with van der Waals surface area (Å²) >= 11 is 2.87. The van der Waals surface area contributed by atoms with Gasteiger partial charge >= 0.3 is 0 Å². The number of amides is 1. The minimum absolute atomic E-state index is 0.0740. The molecule has 1 aromatic heterocycles. The van der Waals surface area contributed by atoms with Gasteiger partial charge in [-0.1, -0.05) is 59.8 Å². The Morgan fingerprint density at radius 3 is 2.63 bits per heavy atom. The van der Waals surface area contributed by atoms with Gasteiger partial charge in [-0.15, -0.1) is 11.3 Å². The second-order valence-corrected chi connectivity index (χ2v) is 8.31. The zero-order chi connectivity index (χ0) is 19.2. The van der Waals surface area contributed by atoms with Crippen LogP contribution in [0.4, 0.5) is 5.69 Å². The Labute approximate surface area is 167 Å². The van der Waals surface area contributed by atoms with Crippen LogP contribution in [0.25, 0.3) is 0 Å². The van der Waals surface area contributed by atoms with Crippen molar-refractivity contribution in [2.45, 2.75) is 24.6 Å². The predicted molar refractivity (Wildman–Crippen MR) is 112 cm³/mol. The molecule has 3 aromatic rings. The predicted octanol–water partition coefficient (Wildman–Crippen LogP) is 4.92. The van der Waals surface area contributed by atoms with Crippen LogP contribution in [0.2, 0.25) is 0 Å². The number of carbonyl (C=O) groups is 2. The van der Waals surface area contributed by atoms with Crippen LogP contribution in [0, 0.1) is 13.8 Å². The lowest BCUT2D eigenvalue weighted by molar-refractivity contribution is -0.115. The molecule has 0 aliphatic carbocycles. The molecule has 4 nitrogen and oxygen atoms in total. The maximum Gasteiger partial charge on any atom is 0.230 e. The van der Waals surface area contributed by atoms with Crippen LogP contribution in [0.15, 0.2) is 58.3 Å². The van der Waals surface area contributed by atoms with Crippen molar-refractivity contribution in [3.05, 3.63) is 76.3 Å². The quantitative estimate of drug-likeness (QED) is 0.455. The Bertz CT molecular complexity index is 952. The fourth-order valence-corrected chi connectivity index (χ4v) is 4.32. The number of nitrogens with zero attached hydrogens (tertiary/aromatic N) is 1. The number of benzene rings is 2. The van der Waals surface area contributed by atoms with Crippen LogP contribution in [-0.2, 0) is 11.2 Å². The van der Waals surface area contributed by atoms with Crippen molar-refractivity contribution in [2.24, 2.45) is 0 Å². The molecular weight excluding hydrogens is 376 g/mol. The molecule has 6 heteroatoms. The molecule has 0 aliphatic heterocycles. The number of nitrogens with one attached hydrogen (secondary N) is 1. The van der Waals surface area contributed by atoms with Gasteiger partial charge in [0.25, 0.3) is 0 Å². The summed E-state index contributed by atoms with van der Waals surface area (Å²) < 4.78 is 0.800. The molecule has 0 aliphatic rings. The van der Waals surface area contributed by atoms with Crippen molar-refractivity contribution >= 4 is 40.5 Å². The van der Waals surface area contributed by atoms with E-state index in [0.717, 1.165) is 26.8 Å². The standard InChI is InChI=1S/C21H20N2O2S2/c1-14-8-9-18(15(2)10-14)23-20(25)11-17-12-26-21(22-17)27-13-19(24)16-6-4-3-5-7-16/h3-10,12H,11,13H2,1-2H3,(H,23,25). The monoisotopic (exact) mass is 396 g/mol. The van der Waals surface area contributed by atoms with Crippen LogP contribution >= 0.6 is 23.1 Å². The van der Waals surface area contributed by atoms with E-state index < -0.39 is 0 Å². The summed E-state index contributed by atoms with van der Waals surface area (Å²) in [6, 6.07) is 15.2. The van der Waals surface area contributed by atoms with Gasteiger partial charge in [-0.3, -0.25) is 9.59 Å². The summed E-state index contributed by atoms with van der Waals surface area (Å²) in [6.07, 6.45) is 0.219. The molecule has 1 amide bonds. The summed E-state index contributed by atoms with van der Waals surface area (Å²) in [7, 11) is 0. The highest BCUT2D eigenvalue weighted by atomic mass is 32.2. The summed E-state index contributed by atoms with van der Waals surface area (Å²) in [5.74, 6) is 0.320. The largest absolute Gasteiger partial charge is 0.326 e. The lowest BCUT2D eigenvalue weighted by atomic mass is 10.1. The molecule has 0 bridgehead atoms. The Balaban J connectivity index is 1.53. The Morgan fingerprint density at radius 1 is 1.11 bits per heavy atom. The zero-order valence-electron chi connectivity index (χ0n) is 15.2. The van der Waals surface area contributed by atoms with Crippen molar-refractivity contribution < 1.29 is 9.59 Å². The highest BCUT2D eigenvalue weighted by molar-refractivity contribution is 8.01. The average molecular weight is 397 g/mol. The summed E-state index contributed by atoms with van der Waals surface area (Å²) in [6.45, 7) is 4.00. The zero-order valence-corrected chi connectivity index (χ0v) is 16.8. The van der Waals surface area contributed by atoms with Gasteiger partial charge in [0.15, 0.2) is 10.1 Å². The smallest absolute Gasteiger partial charge is 0.230 e. The number of carbonyl (C=O) groups excluding carboxylic acids is 2. The third-order valence-electron chi connectivity index (χ3n) is 3.95. The van der Waals surface area contributed by atoms with Gasteiger partial charge in [0, 0.05) is 16.6 Å². The first-order valence-electron chi connectivity index (χ1n) is 8.54. The van der Waals surface area contributed by atoms with Gasteiger partial charge < -0.3 is 5.32 Å². The molecule has 138 valence electrons. The van der Waals surface area contributed by atoms with E-state index >= 15 is 0 Å². The normalized spacial score (nSPS) is 10.6. The molecule has 27 heavy (non-hydrogen) atoms. The van der Waals surface area contributed by atoms with E-state index in [-0.39, 0.29) is 18.1 Å². The van der Waals surface area contributed by atoms with Crippen molar-refractivity contribution in [3.8, 4) is 0 Å². The van der Waals surface area contributed by atoms with Gasteiger partial charge in [-0.05, 0) is 25.5 Å². The molecule has 0 saturated carbocycles. The Hall–Kier alpha value is -2.44. The molecule has 3 rings (SSSR count). The first kappa shape index (κ1) is 19.3. The van der Waals surface area contributed by atoms with Crippen LogP contribution in [0.1, 0.15) is 27.2 Å². The minimum Gasteiger partial charge on any atom is -0.326 e. The number of hydrogen-bond donors (Lipinski definition) is 1. The number of hydrogen-bond acceptors (Lipinski definition) is 5. The third kappa shape index (κ3) is 5.52. The van der Waals surface area contributed by atoms with Crippen molar-refractivity contribution in [3.63, 3.8) is 0 Å². The first-order valence-corrected chi connectivity index (χ1v) is 10.4. The fraction of sp³-hybridized carbons (Fsp3) is 0.190. The van der Waals surface area contributed by atoms with E-state index in [1.807, 2.05) is 67.8 Å². The highest BCUT2D eigenvalue weighted by Crippen LogP contribution is 2.24. The third-order valence-corrected chi connectivity index (χ3v) is 6.02. The van der Waals surface area contributed by atoms with Gasteiger partial charge in [0.1, 0.15) is 0 Å². The van der Waals surface area contributed by atoms with Crippen LogP contribution in [0.3, 0.4) is 0 Å². The van der Waals surface area contributed by atoms with Crippen LogP contribution in [-0.4, -0.2) is 22.4 Å². The number of anilines is 1. The van der Waals surface area contributed by atoms with Gasteiger partial charge in [0.2, 0.25) is 5.91 Å². The van der Waals surface area contributed by atoms with Crippen molar-refractivity contribution in [1.82, 2.24) is 4.98 Å². The molecule has 0 fully saturated rings. The molecular formula is C21H20N2O2S2. The maximum atomic E-state index is 12.3. The molecule has 0 unspecified atom stereocenters. The molecule has 0 saturated heterocycles. The van der Waals surface area contributed by atoms with Gasteiger partial charge in [-0.2, -0.15) is 0 Å². The van der Waals surface area contributed by atoms with E-state index in [2.05, 4.69) is 10.3 Å². The Kier molecular flexibility index (Phi) is 6.42. The summed E-state index contributed by atoms with van der Waals surface area (Å²) in [4.78, 5) is 28.9. The molecule has 0 spiro atoms. The van der Waals surface area contributed by atoms with Gasteiger partial charge in [-0.25, -0.2) is 4.98 Å². The molecule has 1 heterocycles. The van der Waals surface area contributed by atoms with E-state index in [1.54, 1.807) is 0 Å². The second kappa shape index (κ2) is 8.97. The summed E-state index contributed by atoms with van der Waals surface area (Å²) in [5.41, 5.74) is 4.45. The van der Waals surface area contributed by atoms with Crippen LogP contribution < -0.4 is 5.32 Å². The van der Waals surface area contributed by atoms with E-state index in [1.165, 1.54) is 23.1 Å². The maximum absolute atomic E-state index is 12.3. The fourth-order valence-electron chi connectivity index (χ4n) is 2.58. The number of Topliss-reactive ketones (excluding diaryl/α,β-unsaturated/α-hetero) is 1. The Morgan fingerprint density at radius 2 is 1.89 bits per heavy atom. The van der Waals surface area contributed by atoms with Crippen molar-refractivity contribution in [1.29, 1.82) is 0 Å². The molecule has 2 aromatic carbocycles. The minimum atomic E-state index is -0.0934. The van der Waals surface area contributed by atoms with Crippen molar-refractivity contribution in [2.75, 3.05) is 11.1 Å². The lowest BCUT2D eigenvalue weighted by Crippen LogP contribution is -2.15. The number of rotatable bonds is 7. The number of thiazole rings is 1. The highest BCUT2D eigenvalue weighted by Gasteiger charge is 2.12. The topological polar surface area (TPSA) is 59.1 Å². The second-order valence-electron chi connectivity index (χ2n) is 6.23. The molecule has 0 atom stereocenters.